The van der Waals surface area contributed by atoms with Crippen LogP contribution in [-0.2, 0) is 10.0 Å². The van der Waals surface area contributed by atoms with Gasteiger partial charge < -0.3 is 10.2 Å². The van der Waals surface area contributed by atoms with Crippen LogP contribution in [0, 0.1) is 19.7 Å². The molecule has 37 heavy (non-hydrogen) atoms. The fraction of sp³-hybridized carbons (Fsp3) is 0.143. The summed E-state index contributed by atoms with van der Waals surface area (Å²) in [4.78, 5) is 14.4. The van der Waals surface area contributed by atoms with E-state index in [0.29, 0.717) is 17.0 Å². The Kier molecular flexibility index (Phi) is 7.37. The molecule has 0 bridgehead atoms. The highest BCUT2D eigenvalue weighted by Gasteiger charge is 2.22. The molecule has 9 heteroatoms. The van der Waals surface area contributed by atoms with Crippen molar-refractivity contribution in [3.8, 4) is 11.1 Å². The Labute approximate surface area is 214 Å². The molecule has 0 aliphatic carbocycles. The second-order valence-electron chi connectivity index (χ2n) is 8.86. The molecule has 7 nitrogen and oxygen atoms in total. The van der Waals surface area contributed by atoms with E-state index in [9.17, 15) is 22.8 Å². The number of H-pyrrole nitrogens is 1. The lowest BCUT2D eigenvalue weighted by atomic mass is 9.83. The molecular formula is C28H26FN3O4S. The zero-order valence-electron chi connectivity index (χ0n) is 20.3. The Morgan fingerprint density at radius 3 is 2.14 bits per heavy atom. The highest BCUT2D eigenvalue weighted by Crippen LogP contribution is 2.34. The Morgan fingerprint density at radius 2 is 1.59 bits per heavy atom. The number of nitrogens with one attached hydrogen (secondary N) is 1. The van der Waals surface area contributed by atoms with Crippen LogP contribution >= 0.6 is 0 Å². The van der Waals surface area contributed by atoms with Crippen molar-refractivity contribution in [3.63, 3.8) is 0 Å². The van der Waals surface area contributed by atoms with E-state index in [1.165, 1.54) is 30.3 Å². The number of sulfonamides is 1. The van der Waals surface area contributed by atoms with Crippen LogP contribution in [-0.4, -0.2) is 24.3 Å². The van der Waals surface area contributed by atoms with Gasteiger partial charge in [0.1, 0.15) is 5.82 Å². The molecule has 0 amide bonds. The van der Waals surface area contributed by atoms with Gasteiger partial charge >= 0.3 is 0 Å². The number of benzene rings is 3. The van der Waals surface area contributed by atoms with Gasteiger partial charge in [-0.1, -0.05) is 47.6 Å². The predicted octanol–water partition coefficient (Wildman–Crippen LogP) is 4.85. The number of oxime groups is 1. The normalized spacial score (nSPS) is 12.9. The van der Waals surface area contributed by atoms with Crippen LogP contribution in [0.4, 0.5) is 4.39 Å². The number of nitrogens with two attached hydrogens (primary N) is 1. The second-order valence-corrected chi connectivity index (χ2v) is 10.4. The van der Waals surface area contributed by atoms with Crippen LogP contribution in [0.2, 0.25) is 0 Å². The van der Waals surface area contributed by atoms with Crippen LogP contribution in [0.15, 0.2) is 93.7 Å². The van der Waals surface area contributed by atoms with Gasteiger partial charge in [-0.25, -0.2) is 17.9 Å². The van der Waals surface area contributed by atoms with E-state index < -0.39 is 10.0 Å². The van der Waals surface area contributed by atoms with Crippen molar-refractivity contribution < 1.29 is 18.0 Å². The van der Waals surface area contributed by atoms with E-state index in [1.54, 1.807) is 31.2 Å². The Morgan fingerprint density at radius 1 is 0.973 bits per heavy atom. The molecule has 1 aromatic heterocycles. The molecule has 1 heterocycles. The largest absolute Gasteiger partial charge is 0.411 e. The number of aromatic nitrogens is 1. The zero-order valence-corrected chi connectivity index (χ0v) is 21.1. The molecule has 4 N–H and O–H groups in total. The minimum absolute atomic E-state index is 0.0353. The molecular weight excluding hydrogens is 493 g/mol. The van der Waals surface area contributed by atoms with Crippen molar-refractivity contribution in [2.24, 2.45) is 10.3 Å². The van der Waals surface area contributed by atoms with Crippen LogP contribution in [0.3, 0.4) is 0 Å². The molecule has 0 fully saturated rings. The van der Waals surface area contributed by atoms with Gasteiger partial charge in [-0.2, -0.15) is 0 Å². The number of primary sulfonamides is 1. The number of aromatic amines is 1. The van der Waals surface area contributed by atoms with Gasteiger partial charge in [0, 0.05) is 29.7 Å². The smallest absolute Gasteiger partial charge is 0.248 e. The molecule has 0 saturated heterocycles. The summed E-state index contributed by atoms with van der Waals surface area (Å²) in [5.41, 5.74) is 5.52. The van der Waals surface area contributed by atoms with Crippen molar-refractivity contribution in [1.82, 2.24) is 4.98 Å². The topological polar surface area (TPSA) is 126 Å². The lowest BCUT2D eigenvalue weighted by Gasteiger charge is -2.22. The number of nitrogens with zero attached hydrogens (tertiary/aromatic N) is 1. The van der Waals surface area contributed by atoms with Crippen molar-refractivity contribution in [3.05, 3.63) is 123 Å². The van der Waals surface area contributed by atoms with Crippen LogP contribution in [0.25, 0.3) is 11.1 Å². The van der Waals surface area contributed by atoms with E-state index in [0.717, 1.165) is 27.8 Å². The third-order valence-electron chi connectivity index (χ3n) is 6.38. The summed E-state index contributed by atoms with van der Waals surface area (Å²) in [5.74, 6) is -0.623. The molecule has 0 spiro atoms. The number of hydrogen-bond donors (Lipinski definition) is 3. The first-order valence-corrected chi connectivity index (χ1v) is 13.0. The van der Waals surface area contributed by atoms with E-state index in [4.69, 9.17) is 5.14 Å². The van der Waals surface area contributed by atoms with E-state index in [2.05, 4.69) is 10.1 Å². The van der Waals surface area contributed by atoms with E-state index in [1.807, 2.05) is 31.2 Å². The van der Waals surface area contributed by atoms with Gasteiger partial charge in [0.2, 0.25) is 15.6 Å². The minimum Gasteiger partial charge on any atom is -0.411 e. The number of hydrogen-bond acceptors (Lipinski definition) is 5. The Bertz CT molecular complexity index is 1630. The Balaban J connectivity index is 1.73. The van der Waals surface area contributed by atoms with Gasteiger partial charge in [-0.05, 0) is 72.0 Å². The summed E-state index contributed by atoms with van der Waals surface area (Å²) in [6.45, 7) is 3.56. The summed E-state index contributed by atoms with van der Waals surface area (Å²) in [5, 5.41) is 18.6. The molecule has 0 aliphatic heterocycles. The van der Waals surface area contributed by atoms with E-state index >= 15 is 0 Å². The van der Waals surface area contributed by atoms with Crippen molar-refractivity contribution in [2.45, 2.75) is 31.1 Å². The molecule has 0 saturated carbocycles. The Hall–Kier alpha value is -4.08. The quantitative estimate of drug-likeness (QED) is 0.183. The highest BCUT2D eigenvalue weighted by atomic mass is 32.2. The molecule has 0 radical (unpaired) electrons. The van der Waals surface area contributed by atoms with Gasteiger partial charge in [-0.3, -0.25) is 4.79 Å². The third kappa shape index (κ3) is 5.84. The number of pyridine rings is 1. The van der Waals surface area contributed by atoms with E-state index in [-0.39, 0.29) is 28.6 Å². The number of rotatable bonds is 7. The summed E-state index contributed by atoms with van der Waals surface area (Å²) in [6, 6.07) is 21.6. The molecule has 0 unspecified atom stereocenters. The molecule has 4 rings (SSSR count). The van der Waals surface area contributed by atoms with Crippen molar-refractivity contribution >= 4 is 15.7 Å². The monoisotopic (exact) mass is 519 g/mol. The average molecular weight is 520 g/mol. The molecule has 1 atom stereocenters. The predicted molar refractivity (Wildman–Crippen MR) is 141 cm³/mol. The van der Waals surface area contributed by atoms with Gasteiger partial charge in [-0.15, -0.1) is 0 Å². The first-order chi connectivity index (χ1) is 17.6. The molecule has 0 aliphatic rings. The summed E-state index contributed by atoms with van der Waals surface area (Å²) in [7, 11) is -3.78. The second kappa shape index (κ2) is 10.5. The molecule has 4 aromatic rings. The summed E-state index contributed by atoms with van der Waals surface area (Å²) < 4.78 is 37.0. The van der Waals surface area contributed by atoms with Crippen LogP contribution in [0.1, 0.15) is 40.3 Å². The number of aryl methyl sites for hydroxylation is 2. The summed E-state index contributed by atoms with van der Waals surface area (Å²) >= 11 is 0. The third-order valence-corrected chi connectivity index (χ3v) is 7.31. The van der Waals surface area contributed by atoms with Gasteiger partial charge in [0.15, 0.2) is 0 Å². The minimum atomic E-state index is -3.78. The average Bonchev–Trinajstić information content (AvgIpc) is 2.86. The standard InChI is InChI=1S/C28H26FN3O4S/c1-17-15-22(29)9-12-24(17)26(16-27(32-34)25-13-14-28(33)31-18(25)2)21-5-3-19(4-6-21)20-7-10-23(11-8-20)37(30,35)36/h3-15,26,34H,16H2,1-2H3,(H,31,33)(H2,30,35,36)/b32-27+/t26-/m0/s1. The maximum Gasteiger partial charge on any atom is 0.248 e. The van der Waals surface area contributed by atoms with Crippen LogP contribution in [0.5, 0.6) is 0 Å². The fourth-order valence-electron chi connectivity index (χ4n) is 4.47. The molecule has 190 valence electrons. The lowest BCUT2D eigenvalue weighted by molar-refractivity contribution is 0.317. The van der Waals surface area contributed by atoms with Crippen molar-refractivity contribution in [1.29, 1.82) is 0 Å². The van der Waals surface area contributed by atoms with Crippen LogP contribution < -0.4 is 10.7 Å². The highest BCUT2D eigenvalue weighted by molar-refractivity contribution is 7.89. The SMILES string of the molecule is Cc1cc(F)ccc1[C@@H](C/C(=N\O)c1ccc(=O)[nH]c1C)c1ccc(-c2ccc(S(N)(=O)=O)cc2)cc1. The first kappa shape index (κ1) is 26.0. The van der Waals surface area contributed by atoms with Gasteiger partial charge in [0.25, 0.3) is 0 Å². The maximum absolute atomic E-state index is 13.9. The fourth-order valence-corrected chi connectivity index (χ4v) is 4.99. The first-order valence-electron chi connectivity index (χ1n) is 11.5. The van der Waals surface area contributed by atoms with Gasteiger partial charge in [0.05, 0.1) is 10.6 Å². The maximum atomic E-state index is 13.9. The lowest BCUT2D eigenvalue weighted by Crippen LogP contribution is -2.16. The number of halogens is 1. The zero-order chi connectivity index (χ0) is 26.7. The van der Waals surface area contributed by atoms with Crippen molar-refractivity contribution in [2.75, 3.05) is 0 Å². The molecule has 3 aromatic carbocycles. The summed E-state index contributed by atoms with van der Waals surface area (Å²) in [6.07, 6.45) is 0.290.